The van der Waals surface area contributed by atoms with E-state index in [-0.39, 0.29) is 111 Å². The van der Waals surface area contributed by atoms with E-state index in [0.717, 1.165) is 8.96 Å². The predicted octanol–water partition coefficient (Wildman–Crippen LogP) is 2.77. The SMILES string of the molecule is CC1=C2CCC(=O)NCCCCCNC(=O)C(CS(=O)(=O)O)NC(=O)C(CS(=O)(=O)O)CC(=O)CCCCCNC(=O)CCc3c(C)c4n(c3C)[B-](F)(F)[N+](=C2C)C1=C4c1ccc(C(=O)ON2C(=O)CCC2=O)cc1. The summed E-state index contributed by atoms with van der Waals surface area (Å²) in [4.78, 5) is 108. The lowest BCUT2D eigenvalue weighted by molar-refractivity contribution is -0.363. The second kappa shape index (κ2) is 24.0. The number of hydrogen-bond donors (Lipinski definition) is 6. The average molecular weight is 1090 g/mol. The number of benzene rings is 1. The number of carbonyl (C=O) groups excluding carboxylic acids is 8. The molecule has 75 heavy (non-hydrogen) atoms. The summed E-state index contributed by atoms with van der Waals surface area (Å²) in [5, 5.41) is 10.5. The molecule has 408 valence electrons. The van der Waals surface area contributed by atoms with Crippen molar-refractivity contribution >= 4 is 85.7 Å². The number of nitrogens with one attached hydrogen (secondary N) is 4. The molecule has 1 aromatic heterocycles. The van der Waals surface area contributed by atoms with Crippen LogP contribution in [0, 0.1) is 19.8 Å². The molecule has 6 N–H and O–H groups in total. The van der Waals surface area contributed by atoms with Crippen LogP contribution in [0.4, 0.5) is 8.63 Å². The topological polar surface area (TPSA) is 314 Å². The summed E-state index contributed by atoms with van der Waals surface area (Å²) in [5.74, 6) is -10.2. The number of rotatable bonds is 7. The maximum atomic E-state index is 17.5. The van der Waals surface area contributed by atoms with Crippen LogP contribution in [0.5, 0.6) is 0 Å². The summed E-state index contributed by atoms with van der Waals surface area (Å²) >= 11 is 0. The highest BCUT2D eigenvalue weighted by Gasteiger charge is 2.57. The smallest absolute Gasteiger partial charge is 0.393 e. The summed E-state index contributed by atoms with van der Waals surface area (Å²) in [5.41, 5.74) is 3.61. The number of hydrogen-bond acceptors (Lipinski definition) is 13. The number of amides is 6. The van der Waals surface area contributed by atoms with Crippen molar-refractivity contribution in [2.45, 2.75) is 124 Å². The van der Waals surface area contributed by atoms with Crippen molar-refractivity contribution < 1.29 is 82.3 Å². The van der Waals surface area contributed by atoms with Crippen molar-refractivity contribution in [1.82, 2.24) is 30.8 Å². The lowest BCUT2D eigenvalue weighted by atomic mass is 9.83. The molecule has 22 nitrogen and oxygen atoms in total. The Bertz CT molecular complexity index is 2990. The van der Waals surface area contributed by atoms with Gasteiger partial charge in [0, 0.05) is 81.9 Å². The first kappa shape index (κ1) is 57.8. The van der Waals surface area contributed by atoms with Crippen molar-refractivity contribution in [1.29, 1.82) is 0 Å². The van der Waals surface area contributed by atoms with Gasteiger partial charge in [0.15, 0.2) is 5.70 Å². The van der Waals surface area contributed by atoms with Crippen LogP contribution in [0.2, 0.25) is 0 Å². The van der Waals surface area contributed by atoms with Crippen LogP contribution in [0.1, 0.15) is 136 Å². The second-order valence-electron chi connectivity index (χ2n) is 19.2. The van der Waals surface area contributed by atoms with Crippen LogP contribution < -0.4 is 21.3 Å². The summed E-state index contributed by atoms with van der Waals surface area (Å²) in [6.07, 6.45) is 1.12. The third-order valence-electron chi connectivity index (χ3n) is 13.8. The number of hydroxylamine groups is 2. The van der Waals surface area contributed by atoms with Crippen LogP contribution in [-0.4, -0.2) is 137 Å². The molecule has 6 heterocycles. The molecule has 2 unspecified atom stereocenters. The minimum Gasteiger partial charge on any atom is -0.393 e. The average Bonchev–Trinajstić information content (AvgIpc) is 3.88. The number of imide groups is 1. The zero-order chi connectivity index (χ0) is 55.2. The number of Topliss-reactive ketones (excluding diaryl/α,β-unsaturated/α-hetero) is 1. The quantitative estimate of drug-likeness (QED) is 0.132. The molecule has 1 fully saturated rings. The van der Waals surface area contributed by atoms with E-state index in [1.807, 2.05) is 0 Å². The Morgan fingerprint density at radius 1 is 0.720 bits per heavy atom. The first-order chi connectivity index (χ1) is 35.2. The molecule has 7 rings (SSSR count). The van der Waals surface area contributed by atoms with E-state index in [1.165, 1.54) is 12.1 Å². The Morgan fingerprint density at radius 2 is 1.28 bits per heavy atom. The van der Waals surface area contributed by atoms with Crippen molar-refractivity contribution in [3.63, 3.8) is 0 Å². The molecule has 27 heteroatoms. The van der Waals surface area contributed by atoms with E-state index in [2.05, 4.69) is 21.3 Å². The van der Waals surface area contributed by atoms with Crippen LogP contribution in [0.15, 0.2) is 41.1 Å². The molecule has 0 saturated carbocycles. The van der Waals surface area contributed by atoms with Crippen molar-refractivity contribution in [2.24, 2.45) is 5.92 Å². The molecule has 2 aromatic rings. The highest BCUT2D eigenvalue weighted by molar-refractivity contribution is 7.86. The minimum absolute atomic E-state index is 0.0214. The van der Waals surface area contributed by atoms with E-state index < -0.39 is 92.5 Å². The minimum atomic E-state index is -4.88. The van der Waals surface area contributed by atoms with Crippen molar-refractivity contribution in [3.8, 4) is 0 Å². The van der Waals surface area contributed by atoms with Crippen molar-refractivity contribution in [3.05, 3.63) is 74.8 Å². The molecule has 0 spiro atoms. The van der Waals surface area contributed by atoms with Gasteiger partial charge >= 0.3 is 12.9 Å². The number of ketones is 1. The molecule has 2 atom stereocenters. The van der Waals surface area contributed by atoms with Gasteiger partial charge < -0.3 is 43.7 Å². The van der Waals surface area contributed by atoms with Crippen LogP contribution >= 0.6 is 0 Å². The molecule has 5 aliphatic heterocycles. The largest absolute Gasteiger partial charge is 0.737 e. The van der Waals surface area contributed by atoms with Gasteiger partial charge in [-0.3, -0.25) is 42.7 Å². The maximum absolute atomic E-state index is 17.5. The van der Waals surface area contributed by atoms with Crippen molar-refractivity contribution in [2.75, 3.05) is 31.1 Å². The number of fused-ring (bicyclic) bond motifs is 25. The highest BCUT2D eigenvalue weighted by atomic mass is 32.2. The molecular formula is C48H62BF2N7O15S2. The Labute approximate surface area is 432 Å². The molecular weight excluding hydrogens is 1030 g/mol. The zero-order valence-corrected chi connectivity index (χ0v) is 43.7. The van der Waals surface area contributed by atoms with Gasteiger partial charge in [0.1, 0.15) is 23.3 Å². The molecule has 1 aromatic carbocycles. The zero-order valence-electron chi connectivity index (χ0n) is 42.1. The second-order valence-corrected chi connectivity index (χ2v) is 22.2. The van der Waals surface area contributed by atoms with Crippen LogP contribution in [-0.2, 0) is 65.1 Å². The Kier molecular flexibility index (Phi) is 18.5. The van der Waals surface area contributed by atoms with E-state index in [4.69, 9.17) is 4.84 Å². The normalized spacial score (nSPS) is 21.9. The lowest BCUT2D eigenvalue weighted by Gasteiger charge is -2.34. The molecule has 1 saturated heterocycles. The molecule has 6 bridgehead atoms. The molecule has 0 radical (unpaired) electrons. The highest BCUT2D eigenvalue weighted by Crippen LogP contribution is 2.47. The van der Waals surface area contributed by atoms with E-state index in [9.17, 15) is 64.3 Å². The summed E-state index contributed by atoms with van der Waals surface area (Å²) in [6.45, 7) is 2.23. The number of nitrogens with zero attached hydrogens (tertiary/aromatic N) is 3. The maximum Gasteiger partial charge on any atom is 0.737 e. The Hall–Kier alpha value is -6.45. The van der Waals surface area contributed by atoms with Gasteiger partial charge in [0.05, 0.1) is 22.8 Å². The number of carbonyl (C=O) groups is 8. The van der Waals surface area contributed by atoms with Gasteiger partial charge in [-0.05, 0) is 100 Å². The Balaban J connectivity index is 1.27. The number of allylic oxidation sites excluding steroid dienone is 2. The summed E-state index contributed by atoms with van der Waals surface area (Å²) < 4.78 is 103. The number of halogens is 2. The lowest BCUT2D eigenvalue weighted by Crippen LogP contribution is -2.52. The fraction of sp³-hybridized carbons (Fsp3) is 0.521. The first-order valence-electron chi connectivity index (χ1n) is 24.7. The van der Waals surface area contributed by atoms with Gasteiger partial charge in [-0.1, -0.05) is 18.6 Å². The molecule has 0 aliphatic carbocycles. The summed E-state index contributed by atoms with van der Waals surface area (Å²) in [6, 6.07) is 3.98. The third kappa shape index (κ3) is 14.1. The molecule has 5 aliphatic rings. The fourth-order valence-electron chi connectivity index (χ4n) is 10.0. The van der Waals surface area contributed by atoms with Gasteiger partial charge in [-0.25, -0.2) is 4.79 Å². The summed E-state index contributed by atoms with van der Waals surface area (Å²) in [7, 11) is -9.74. The third-order valence-corrected chi connectivity index (χ3v) is 15.4. The standard InChI is InChI=1S/C48H62BF2N7O15S2/c1-28-36-16-18-39(60)52-22-8-5-7-11-35(59)25-34(26-74(67,68)69)46(64)55-38(27-75(70,71)72)47(65)54-24-10-6-9-23-53-40(61)19-17-37-29(2)45-43(44(28)56(30(36)3)49(50,51)57(45)31(37)4)32-12-14-33(15-13-32)48(66)73-58-41(62)20-21-42(58)63/h12-15,34,38H,5-11,16-27H2,1-4H3,(H,52,60)(H,53,61)(H,54,65)(H,55,64)(H,67,68,69)(H,70,71,72). The molecule has 6 amide bonds. The van der Waals surface area contributed by atoms with Crippen LogP contribution in [0.3, 0.4) is 0 Å². The van der Waals surface area contributed by atoms with Crippen LogP contribution in [0.25, 0.3) is 5.57 Å². The van der Waals surface area contributed by atoms with Gasteiger partial charge in [0.25, 0.3) is 32.1 Å². The Morgan fingerprint density at radius 3 is 1.87 bits per heavy atom. The monoisotopic (exact) mass is 1090 g/mol. The van der Waals surface area contributed by atoms with Gasteiger partial charge in [-0.15, -0.1) is 5.06 Å². The first-order valence-corrected chi connectivity index (χ1v) is 27.9. The number of aromatic nitrogens is 1. The van der Waals surface area contributed by atoms with Gasteiger partial charge in [-0.2, -0.15) is 16.8 Å². The van der Waals surface area contributed by atoms with E-state index in [1.54, 1.807) is 39.8 Å². The predicted molar refractivity (Wildman–Crippen MR) is 267 cm³/mol. The van der Waals surface area contributed by atoms with E-state index in [0.29, 0.717) is 70.6 Å². The fourth-order valence-corrected chi connectivity index (χ4v) is 11.5. The van der Waals surface area contributed by atoms with Gasteiger partial charge in [0.2, 0.25) is 23.6 Å². The van der Waals surface area contributed by atoms with E-state index >= 15 is 8.63 Å².